The van der Waals surface area contributed by atoms with Crippen LogP contribution in [0, 0.1) is 20.8 Å². The third-order valence-electron chi connectivity index (χ3n) is 4.84. The minimum atomic E-state index is 0.532. The first-order valence-corrected chi connectivity index (χ1v) is 8.64. The fourth-order valence-electron chi connectivity index (χ4n) is 3.70. The van der Waals surface area contributed by atoms with Crippen molar-refractivity contribution in [3.05, 3.63) is 47.3 Å². The molecule has 0 aromatic carbocycles. The molecule has 1 unspecified atom stereocenters. The van der Waals surface area contributed by atoms with E-state index in [1.165, 1.54) is 24.1 Å². The maximum atomic E-state index is 4.73. The van der Waals surface area contributed by atoms with Crippen LogP contribution in [0.15, 0.2) is 24.7 Å². The lowest BCUT2D eigenvalue weighted by molar-refractivity contribution is 0.217. The van der Waals surface area contributed by atoms with Crippen LogP contribution in [-0.4, -0.2) is 41.6 Å². The van der Waals surface area contributed by atoms with Gasteiger partial charge in [-0.05, 0) is 51.8 Å². The van der Waals surface area contributed by atoms with Gasteiger partial charge in [0.15, 0.2) is 0 Å². The normalized spacial score (nSPS) is 18.7. The molecule has 3 aromatic rings. The van der Waals surface area contributed by atoms with Crippen LogP contribution in [0.25, 0.3) is 5.78 Å². The zero-order chi connectivity index (χ0) is 16.7. The van der Waals surface area contributed by atoms with Crippen molar-refractivity contribution in [2.45, 2.75) is 52.7 Å². The minimum absolute atomic E-state index is 0.532. The van der Waals surface area contributed by atoms with Gasteiger partial charge in [0.25, 0.3) is 0 Å². The largest absolute Gasteiger partial charge is 0.293 e. The number of aryl methyl sites for hydroxylation is 3. The Morgan fingerprint density at radius 2 is 2.04 bits per heavy atom. The fourth-order valence-corrected chi connectivity index (χ4v) is 3.70. The maximum Gasteiger partial charge on any atom is 0.234 e. The van der Waals surface area contributed by atoms with Gasteiger partial charge in [-0.15, -0.1) is 0 Å². The second kappa shape index (κ2) is 6.02. The number of hydrogen-bond donors (Lipinski definition) is 0. The first kappa shape index (κ1) is 15.3. The maximum absolute atomic E-state index is 4.73. The Hall–Kier alpha value is -2.21. The first-order chi connectivity index (χ1) is 11.6. The van der Waals surface area contributed by atoms with Crippen LogP contribution in [0.2, 0.25) is 0 Å². The van der Waals surface area contributed by atoms with E-state index < -0.39 is 0 Å². The molecular formula is C18H24N6. The molecule has 3 aromatic heterocycles. The summed E-state index contributed by atoms with van der Waals surface area (Å²) in [5.41, 5.74) is 4.52. The second-order valence-corrected chi connectivity index (χ2v) is 6.95. The van der Waals surface area contributed by atoms with Crippen molar-refractivity contribution in [3.8, 4) is 0 Å². The summed E-state index contributed by atoms with van der Waals surface area (Å²) in [4.78, 5) is 11.8. The van der Waals surface area contributed by atoms with Gasteiger partial charge < -0.3 is 0 Å². The van der Waals surface area contributed by atoms with Gasteiger partial charge in [0.1, 0.15) is 0 Å². The molecule has 0 amide bonds. The van der Waals surface area contributed by atoms with Gasteiger partial charge >= 0.3 is 0 Å². The lowest BCUT2D eigenvalue weighted by atomic mass is 10.2. The molecule has 0 bridgehead atoms. The number of likely N-dealkylation sites (tertiary alicyclic amines) is 1. The van der Waals surface area contributed by atoms with Crippen LogP contribution in [0.1, 0.15) is 35.5 Å². The molecule has 1 fully saturated rings. The minimum Gasteiger partial charge on any atom is -0.293 e. The molecule has 6 heteroatoms. The lowest BCUT2D eigenvalue weighted by Gasteiger charge is -2.23. The molecule has 0 saturated carbocycles. The Kier molecular flexibility index (Phi) is 3.84. The quantitative estimate of drug-likeness (QED) is 0.740. The summed E-state index contributed by atoms with van der Waals surface area (Å²) in [6.07, 6.45) is 8.65. The molecular weight excluding hydrogens is 300 g/mol. The van der Waals surface area contributed by atoms with E-state index in [1.807, 2.05) is 13.1 Å². The van der Waals surface area contributed by atoms with E-state index in [9.17, 15) is 0 Å². The molecule has 1 aliphatic rings. The highest BCUT2D eigenvalue weighted by Crippen LogP contribution is 2.21. The zero-order valence-corrected chi connectivity index (χ0v) is 14.6. The zero-order valence-electron chi connectivity index (χ0n) is 14.6. The molecule has 1 aliphatic heterocycles. The Labute approximate surface area is 142 Å². The second-order valence-electron chi connectivity index (χ2n) is 6.95. The van der Waals surface area contributed by atoms with Crippen molar-refractivity contribution in [3.63, 3.8) is 0 Å². The van der Waals surface area contributed by atoms with Crippen molar-refractivity contribution < 1.29 is 0 Å². The summed E-state index contributed by atoms with van der Waals surface area (Å²) in [5.74, 6) is 0.806. The summed E-state index contributed by atoms with van der Waals surface area (Å²) in [5, 5.41) is 4.44. The Balaban J connectivity index is 1.52. The van der Waals surface area contributed by atoms with Gasteiger partial charge in [-0.3, -0.25) is 14.0 Å². The third-order valence-corrected chi connectivity index (χ3v) is 4.84. The molecule has 4 heterocycles. The summed E-state index contributed by atoms with van der Waals surface area (Å²) >= 11 is 0. The monoisotopic (exact) mass is 324 g/mol. The molecule has 0 radical (unpaired) electrons. The van der Waals surface area contributed by atoms with Crippen LogP contribution in [0.4, 0.5) is 0 Å². The standard InChI is InChI=1S/C18H24N6/c1-13-8-19-23(9-13)12-17-5-4-6-22(17)10-16-11-24-15(3)7-14(2)20-18(24)21-16/h7-9,11,17H,4-6,10,12H2,1-3H3. The highest BCUT2D eigenvalue weighted by molar-refractivity contribution is 5.34. The summed E-state index contributed by atoms with van der Waals surface area (Å²) in [7, 11) is 0. The number of hydrogen-bond acceptors (Lipinski definition) is 4. The molecule has 0 spiro atoms. The van der Waals surface area contributed by atoms with Gasteiger partial charge in [0, 0.05) is 36.4 Å². The predicted molar refractivity (Wildman–Crippen MR) is 92.9 cm³/mol. The summed E-state index contributed by atoms with van der Waals surface area (Å²) in [6.45, 7) is 9.17. The van der Waals surface area contributed by atoms with Crippen LogP contribution in [0.5, 0.6) is 0 Å². The Morgan fingerprint density at radius 1 is 1.17 bits per heavy atom. The highest BCUT2D eigenvalue weighted by Gasteiger charge is 2.26. The molecule has 126 valence electrons. The third kappa shape index (κ3) is 2.94. The van der Waals surface area contributed by atoms with Gasteiger partial charge in [0.05, 0.1) is 18.4 Å². The van der Waals surface area contributed by atoms with Gasteiger partial charge in [-0.25, -0.2) is 9.97 Å². The summed E-state index contributed by atoms with van der Waals surface area (Å²) < 4.78 is 4.15. The molecule has 6 nitrogen and oxygen atoms in total. The molecule has 0 aliphatic carbocycles. The average molecular weight is 324 g/mol. The van der Waals surface area contributed by atoms with E-state index in [4.69, 9.17) is 4.98 Å². The molecule has 4 rings (SSSR count). The van der Waals surface area contributed by atoms with Gasteiger partial charge in [-0.2, -0.15) is 5.10 Å². The number of fused-ring (bicyclic) bond motifs is 1. The number of aromatic nitrogens is 5. The molecule has 1 saturated heterocycles. The van der Waals surface area contributed by atoms with Crippen molar-refractivity contribution in [2.75, 3.05) is 6.54 Å². The van der Waals surface area contributed by atoms with E-state index in [1.54, 1.807) is 0 Å². The predicted octanol–water partition coefficient (Wildman–Crippen LogP) is 2.52. The van der Waals surface area contributed by atoms with Gasteiger partial charge in [0.2, 0.25) is 5.78 Å². The van der Waals surface area contributed by atoms with E-state index in [0.717, 1.165) is 36.8 Å². The Morgan fingerprint density at radius 3 is 2.83 bits per heavy atom. The summed E-state index contributed by atoms with van der Waals surface area (Å²) in [6, 6.07) is 2.63. The van der Waals surface area contributed by atoms with Crippen molar-refractivity contribution >= 4 is 5.78 Å². The first-order valence-electron chi connectivity index (χ1n) is 8.64. The highest BCUT2D eigenvalue weighted by atomic mass is 15.3. The van der Waals surface area contributed by atoms with E-state index in [-0.39, 0.29) is 0 Å². The van der Waals surface area contributed by atoms with E-state index >= 15 is 0 Å². The molecule has 0 N–H and O–H groups in total. The van der Waals surface area contributed by atoms with Crippen LogP contribution < -0.4 is 0 Å². The smallest absolute Gasteiger partial charge is 0.234 e. The van der Waals surface area contributed by atoms with E-state index in [0.29, 0.717) is 6.04 Å². The number of imidazole rings is 1. The van der Waals surface area contributed by atoms with Crippen LogP contribution in [0.3, 0.4) is 0 Å². The topological polar surface area (TPSA) is 51.2 Å². The van der Waals surface area contributed by atoms with Crippen molar-refractivity contribution in [1.82, 2.24) is 29.0 Å². The molecule has 1 atom stereocenters. The lowest BCUT2D eigenvalue weighted by Crippen LogP contribution is -2.32. The number of nitrogens with zero attached hydrogens (tertiary/aromatic N) is 6. The van der Waals surface area contributed by atoms with Crippen LogP contribution >= 0.6 is 0 Å². The SMILES string of the molecule is Cc1cnn(CC2CCCN2Cc2cn3c(C)cc(C)nc3n2)c1. The average Bonchev–Trinajstić information content (AvgIpc) is 3.22. The van der Waals surface area contributed by atoms with Crippen molar-refractivity contribution in [1.29, 1.82) is 0 Å². The van der Waals surface area contributed by atoms with Gasteiger partial charge in [-0.1, -0.05) is 0 Å². The Bertz CT molecular complexity index is 862. The van der Waals surface area contributed by atoms with Crippen LogP contribution in [-0.2, 0) is 13.1 Å². The molecule has 24 heavy (non-hydrogen) atoms. The van der Waals surface area contributed by atoms with Crippen molar-refractivity contribution in [2.24, 2.45) is 0 Å². The fraction of sp³-hybridized carbons (Fsp3) is 0.500. The van der Waals surface area contributed by atoms with E-state index in [2.05, 4.69) is 56.4 Å². The number of rotatable bonds is 4.